The predicted octanol–water partition coefficient (Wildman–Crippen LogP) is 13.5. The summed E-state index contributed by atoms with van der Waals surface area (Å²) in [5, 5.41) is 0. The maximum atomic E-state index is 13.0. The first-order valence-corrected chi connectivity index (χ1v) is 28.4. The third-order valence-corrected chi connectivity index (χ3v) is 14.9. The van der Waals surface area contributed by atoms with Crippen LogP contribution in [0.25, 0.3) is 0 Å². The summed E-state index contributed by atoms with van der Waals surface area (Å²) in [6.45, 7) is 20.7. The standard InChI is InChI=1S/C65H90O13/c1-44(2)61-45(3)26-31-51-36-55(74-63(5,6)73-51)40-57-41-56(75-64(7,8)76-57)38-52(69-43-47-27-32-49(67-11)33-28-47)37-53-39-54(71-62(70-53)48-29-34-50(68-12)35-30-48)42-59-46(4)58(77-65(9,10)78-59)24-22-20-18-16-14-13-15-17-19-21-23-25-60(66)72-61/h13-23,25-35,44-46,51-59,61-62H,24,36-43H2,1-12H3/b14-13+,17-15+,18-16+,21-19+,22-20+,25-23+,31-26+/t45-,46-,51-,52+,53+,54+,55-,56-,57-,58-,59+,61-,62+/m0/s1. The summed E-state index contributed by atoms with van der Waals surface area (Å²) in [4.78, 5) is 13.0. The quantitative estimate of drug-likeness (QED) is 0.193. The molecule has 0 radical (unpaired) electrons. The van der Waals surface area contributed by atoms with Crippen molar-refractivity contribution in [3.8, 4) is 11.5 Å². The second-order valence-corrected chi connectivity index (χ2v) is 23.3. The molecule has 2 aromatic rings. The molecule has 8 bridgehead atoms. The van der Waals surface area contributed by atoms with E-state index in [-0.39, 0.29) is 84.8 Å². The third-order valence-electron chi connectivity index (χ3n) is 14.9. The number of hydrogen-bond acceptors (Lipinski definition) is 13. The molecule has 0 spiro atoms. The second-order valence-electron chi connectivity index (χ2n) is 23.3. The Morgan fingerprint density at radius 2 is 1.05 bits per heavy atom. The first kappa shape index (κ1) is 61.0. The fourth-order valence-corrected chi connectivity index (χ4v) is 11.3. The molecule has 0 aromatic heterocycles. The summed E-state index contributed by atoms with van der Waals surface area (Å²) in [5.41, 5.74) is 1.95. The van der Waals surface area contributed by atoms with E-state index < -0.39 is 23.7 Å². The summed E-state index contributed by atoms with van der Waals surface area (Å²) in [5.74, 6) is -1.22. The molecular formula is C65H90O13. The van der Waals surface area contributed by atoms with Gasteiger partial charge in [0.1, 0.15) is 17.6 Å². The van der Waals surface area contributed by atoms with E-state index in [1.54, 1.807) is 20.3 Å². The average Bonchev–Trinajstić information content (AvgIpc) is 3.40. The minimum Gasteiger partial charge on any atom is -0.497 e. The Bertz CT molecular complexity index is 2380. The predicted molar refractivity (Wildman–Crippen MR) is 302 cm³/mol. The minimum atomic E-state index is -0.862. The molecule has 5 aliphatic rings. The van der Waals surface area contributed by atoms with Crippen LogP contribution in [0.15, 0.2) is 134 Å². The van der Waals surface area contributed by atoms with Crippen LogP contribution < -0.4 is 9.47 Å². The fourth-order valence-electron chi connectivity index (χ4n) is 11.3. The van der Waals surface area contributed by atoms with Gasteiger partial charge in [0.15, 0.2) is 23.7 Å². The first-order chi connectivity index (χ1) is 37.2. The Labute approximate surface area is 465 Å². The molecular weight excluding hydrogens is 989 g/mol. The van der Waals surface area contributed by atoms with E-state index in [1.165, 1.54) is 6.08 Å². The molecule has 78 heavy (non-hydrogen) atoms. The van der Waals surface area contributed by atoms with Crippen molar-refractivity contribution >= 4 is 5.97 Å². The van der Waals surface area contributed by atoms with Crippen LogP contribution in [0.1, 0.15) is 138 Å². The number of carbonyl (C=O) groups excluding carboxylic acids is 1. The number of ether oxygens (including phenoxy) is 12. The minimum absolute atomic E-state index is 0.0632. The number of carbonyl (C=O) groups is 1. The van der Waals surface area contributed by atoms with Gasteiger partial charge in [-0.25, -0.2) is 4.79 Å². The van der Waals surface area contributed by atoms with E-state index in [0.29, 0.717) is 51.6 Å². The van der Waals surface area contributed by atoms with Crippen LogP contribution in [0, 0.1) is 17.8 Å². The molecule has 13 nitrogen and oxygen atoms in total. The van der Waals surface area contributed by atoms with Gasteiger partial charge in [-0.05, 0) is 83.7 Å². The summed E-state index contributed by atoms with van der Waals surface area (Å²) >= 11 is 0. The lowest BCUT2D eigenvalue weighted by Gasteiger charge is -2.47. The largest absolute Gasteiger partial charge is 0.497 e. The van der Waals surface area contributed by atoms with Crippen LogP contribution in [0.2, 0.25) is 0 Å². The maximum Gasteiger partial charge on any atom is 0.331 e. The van der Waals surface area contributed by atoms with E-state index in [9.17, 15) is 4.79 Å². The normalized spacial score (nSPS) is 36.1. The number of methoxy groups -OCH3 is 2. The highest BCUT2D eigenvalue weighted by atomic mass is 16.7. The SMILES string of the molecule is COc1ccc(CO[C@@H]2C[C@@H]3C[C@H](C[C@H]4OC(C)(C)O[C@@H](C/C=C/C=C/C=C/C=C/C=C/C=C/C(=O)O[C@@H](C(C)C)[C@@H](C)/C=C/[C@H]5C[C@@H](C[C@H]6C[C@H](C2)OC(C)(C)O6)OC(C)(C)O5)[C@@H]4C)O[C@H](c2ccc(OC)cc2)O3)cc1. The van der Waals surface area contributed by atoms with Crippen LogP contribution in [0.3, 0.4) is 0 Å². The van der Waals surface area contributed by atoms with Crippen LogP contribution in [0.5, 0.6) is 11.5 Å². The van der Waals surface area contributed by atoms with E-state index in [4.69, 9.17) is 56.8 Å². The second kappa shape index (κ2) is 28.7. The molecule has 0 N–H and O–H groups in total. The lowest BCUT2D eigenvalue weighted by molar-refractivity contribution is -0.328. The van der Waals surface area contributed by atoms with Gasteiger partial charge in [0.05, 0.1) is 75.8 Å². The number of allylic oxidation sites excluding steroid dienone is 10. The monoisotopic (exact) mass is 1080 g/mol. The number of rotatable bonds is 7. The Hall–Kier alpha value is -4.67. The van der Waals surface area contributed by atoms with Crippen LogP contribution in [0.4, 0.5) is 0 Å². The van der Waals surface area contributed by atoms with E-state index in [2.05, 4.69) is 52.0 Å². The van der Waals surface area contributed by atoms with Crippen molar-refractivity contribution in [3.63, 3.8) is 0 Å². The number of esters is 1. The van der Waals surface area contributed by atoms with Crippen molar-refractivity contribution in [2.75, 3.05) is 14.2 Å². The van der Waals surface area contributed by atoms with Gasteiger partial charge in [0, 0.05) is 68.4 Å². The number of fused-ring (bicyclic) bond motifs is 8. The zero-order chi connectivity index (χ0) is 55.9. The van der Waals surface area contributed by atoms with Crippen molar-refractivity contribution in [3.05, 3.63) is 145 Å². The lowest BCUT2D eigenvalue weighted by atomic mass is 9.87. The summed E-state index contributed by atoms with van der Waals surface area (Å²) < 4.78 is 77.8. The van der Waals surface area contributed by atoms with Crippen molar-refractivity contribution in [2.45, 2.75) is 212 Å². The van der Waals surface area contributed by atoms with E-state index >= 15 is 0 Å². The summed E-state index contributed by atoms with van der Waals surface area (Å²) in [7, 11) is 3.34. The Balaban J connectivity index is 1.17. The van der Waals surface area contributed by atoms with Crippen molar-refractivity contribution < 1.29 is 61.6 Å². The molecule has 2 aromatic carbocycles. The average molecular weight is 1080 g/mol. The van der Waals surface area contributed by atoms with Gasteiger partial charge in [-0.2, -0.15) is 0 Å². The van der Waals surface area contributed by atoms with Crippen molar-refractivity contribution in [1.29, 1.82) is 0 Å². The van der Waals surface area contributed by atoms with E-state index in [1.807, 2.05) is 139 Å². The zero-order valence-electron chi connectivity index (χ0n) is 48.5. The summed E-state index contributed by atoms with van der Waals surface area (Å²) in [6.07, 6.45) is 29.7. The van der Waals surface area contributed by atoms with Gasteiger partial charge in [0.2, 0.25) is 0 Å². The molecule has 0 aliphatic carbocycles. The highest BCUT2D eigenvalue weighted by molar-refractivity contribution is 5.82. The Morgan fingerprint density at radius 1 is 0.551 bits per heavy atom. The van der Waals surface area contributed by atoms with Crippen LogP contribution in [-0.2, 0) is 58.8 Å². The summed E-state index contributed by atoms with van der Waals surface area (Å²) in [6, 6.07) is 15.9. The van der Waals surface area contributed by atoms with Crippen LogP contribution >= 0.6 is 0 Å². The maximum absolute atomic E-state index is 13.0. The Kier molecular flexibility index (Phi) is 22.4. The lowest BCUT2D eigenvalue weighted by Crippen LogP contribution is -2.51. The van der Waals surface area contributed by atoms with Crippen LogP contribution in [-0.4, -0.2) is 98.6 Å². The van der Waals surface area contributed by atoms with Crippen molar-refractivity contribution in [1.82, 2.24) is 0 Å². The van der Waals surface area contributed by atoms with Crippen molar-refractivity contribution in [2.24, 2.45) is 17.8 Å². The molecule has 0 saturated carbocycles. The molecule has 13 heteroatoms. The molecule has 4 fully saturated rings. The molecule has 7 rings (SSSR count). The highest BCUT2D eigenvalue weighted by Gasteiger charge is 2.45. The molecule has 428 valence electrons. The number of cyclic esters (lactones) is 1. The molecule has 4 saturated heterocycles. The van der Waals surface area contributed by atoms with Gasteiger partial charge in [-0.1, -0.05) is 131 Å². The molecule has 0 amide bonds. The molecule has 5 aliphatic heterocycles. The first-order valence-electron chi connectivity index (χ1n) is 28.4. The van der Waals surface area contributed by atoms with Gasteiger partial charge < -0.3 is 56.8 Å². The van der Waals surface area contributed by atoms with E-state index in [0.717, 1.165) is 29.0 Å². The van der Waals surface area contributed by atoms with Gasteiger partial charge in [-0.3, -0.25) is 0 Å². The Morgan fingerprint density at radius 3 is 1.67 bits per heavy atom. The molecule has 13 atom stereocenters. The fraction of sp³-hybridized carbons (Fsp3) is 0.585. The molecule has 5 heterocycles. The third kappa shape index (κ3) is 19.3. The molecule has 0 unspecified atom stereocenters. The topological polar surface area (TPSA) is 128 Å². The number of benzene rings is 2. The highest BCUT2D eigenvalue weighted by Crippen LogP contribution is 2.41. The zero-order valence-corrected chi connectivity index (χ0v) is 48.5. The van der Waals surface area contributed by atoms with Gasteiger partial charge >= 0.3 is 5.97 Å². The van der Waals surface area contributed by atoms with Gasteiger partial charge in [-0.15, -0.1) is 0 Å². The van der Waals surface area contributed by atoms with Gasteiger partial charge in [0.25, 0.3) is 0 Å². The smallest absolute Gasteiger partial charge is 0.331 e. The number of hydrogen-bond donors (Lipinski definition) is 0.